The number of carbonyl (C=O) groups is 1. The van der Waals surface area contributed by atoms with Gasteiger partial charge in [-0.2, -0.15) is 0 Å². The van der Waals surface area contributed by atoms with Crippen LogP contribution in [0.1, 0.15) is 10.4 Å². The number of rotatable bonds is 3. The Morgan fingerprint density at radius 3 is 2.71 bits per heavy atom. The summed E-state index contributed by atoms with van der Waals surface area (Å²) in [5.41, 5.74) is 1.37. The third kappa shape index (κ3) is 3.25. The Hall–Kier alpha value is -0.970. The number of hydrogen-bond acceptors (Lipinski definition) is 3. The Balaban J connectivity index is 0.00000144. The molecule has 0 atom stereocenters. The van der Waals surface area contributed by atoms with Crippen molar-refractivity contribution in [3.63, 3.8) is 0 Å². The van der Waals surface area contributed by atoms with Gasteiger partial charge in [0.25, 0.3) is 5.91 Å². The van der Waals surface area contributed by atoms with Gasteiger partial charge in [-0.1, -0.05) is 11.6 Å². The van der Waals surface area contributed by atoms with Crippen molar-refractivity contribution in [3.8, 4) is 0 Å². The molecule has 1 saturated heterocycles. The summed E-state index contributed by atoms with van der Waals surface area (Å²) in [6.45, 7) is 1.67. The third-order valence-corrected chi connectivity index (χ3v) is 2.85. The van der Waals surface area contributed by atoms with Gasteiger partial charge in [-0.25, -0.2) is 0 Å². The summed E-state index contributed by atoms with van der Waals surface area (Å²) in [6.07, 6.45) is 0. The molecular weight excluding hydrogens is 261 g/mol. The SMILES string of the molecule is CNc1ccc(Cl)cc1C(=O)NC1CNC1.Cl. The van der Waals surface area contributed by atoms with Crippen molar-refractivity contribution in [2.75, 3.05) is 25.5 Å². The van der Waals surface area contributed by atoms with E-state index >= 15 is 0 Å². The second-order valence-electron chi connectivity index (χ2n) is 3.77. The van der Waals surface area contributed by atoms with E-state index < -0.39 is 0 Å². The van der Waals surface area contributed by atoms with Crippen LogP contribution in [0, 0.1) is 0 Å². The van der Waals surface area contributed by atoms with E-state index in [1.54, 1.807) is 25.2 Å². The van der Waals surface area contributed by atoms with Crippen LogP contribution in [0.25, 0.3) is 0 Å². The van der Waals surface area contributed by atoms with E-state index in [-0.39, 0.29) is 24.4 Å². The molecule has 0 aromatic heterocycles. The van der Waals surface area contributed by atoms with Crippen LogP contribution in [0.15, 0.2) is 18.2 Å². The van der Waals surface area contributed by atoms with Gasteiger partial charge in [0.2, 0.25) is 0 Å². The quantitative estimate of drug-likeness (QED) is 0.784. The van der Waals surface area contributed by atoms with E-state index in [1.165, 1.54) is 0 Å². The first kappa shape index (κ1) is 14.1. The number of halogens is 2. The molecule has 0 radical (unpaired) electrons. The van der Waals surface area contributed by atoms with Gasteiger partial charge < -0.3 is 16.0 Å². The molecule has 0 aliphatic carbocycles. The lowest BCUT2D eigenvalue weighted by Gasteiger charge is -2.28. The molecule has 0 spiro atoms. The van der Waals surface area contributed by atoms with E-state index in [0.29, 0.717) is 10.6 Å². The number of hydrogen-bond donors (Lipinski definition) is 3. The molecule has 1 heterocycles. The van der Waals surface area contributed by atoms with Crippen LogP contribution in [0.3, 0.4) is 0 Å². The van der Waals surface area contributed by atoms with Gasteiger partial charge in [0.05, 0.1) is 11.6 Å². The number of benzene rings is 1. The fourth-order valence-electron chi connectivity index (χ4n) is 1.58. The Kier molecular flexibility index (Phi) is 5.05. The van der Waals surface area contributed by atoms with Crippen molar-refractivity contribution < 1.29 is 4.79 Å². The lowest BCUT2D eigenvalue weighted by Crippen LogP contribution is -2.56. The van der Waals surface area contributed by atoms with E-state index in [0.717, 1.165) is 18.8 Å². The molecule has 1 aliphatic rings. The van der Waals surface area contributed by atoms with Gasteiger partial charge in [-0.3, -0.25) is 4.79 Å². The monoisotopic (exact) mass is 275 g/mol. The topological polar surface area (TPSA) is 53.2 Å². The standard InChI is InChI=1S/C11H14ClN3O.ClH/c1-13-10-3-2-7(12)4-9(10)11(16)15-8-5-14-6-8;/h2-4,8,13-14H,5-6H2,1H3,(H,15,16);1H. The molecule has 1 amide bonds. The highest BCUT2D eigenvalue weighted by molar-refractivity contribution is 6.31. The summed E-state index contributed by atoms with van der Waals surface area (Å²) in [5.74, 6) is -0.0849. The van der Waals surface area contributed by atoms with Crippen molar-refractivity contribution >= 4 is 35.6 Å². The molecule has 0 bridgehead atoms. The second kappa shape index (κ2) is 6.10. The predicted octanol–water partition coefficient (Wildman–Crippen LogP) is 1.51. The first-order valence-corrected chi connectivity index (χ1v) is 5.57. The zero-order chi connectivity index (χ0) is 11.5. The number of carbonyl (C=O) groups excluding carboxylic acids is 1. The fourth-order valence-corrected chi connectivity index (χ4v) is 1.75. The Morgan fingerprint density at radius 2 is 2.18 bits per heavy atom. The second-order valence-corrected chi connectivity index (χ2v) is 4.20. The molecule has 1 aliphatic heterocycles. The smallest absolute Gasteiger partial charge is 0.253 e. The average Bonchev–Trinajstić information content (AvgIpc) is 2.23. The molecule has 3 N–H and O–H groups in total. The van der Waals surface area contributed by atoms with Crippen LogP contribution in [0.2, 0.25) is 5.02 Å². The molecule has 17 heavy (non-hydrogen) atoms. The summed E-state index contributed by atoms with van der Waals surface area (Å²) in [5, 5.41) is 9.58. The average molecular weight is 276 g/mol. The number of amides is 1. The minimum atomic E-state index is -0.0849. The van der Waals surface area contributed by atoms with Crippen LogP contribution in [-0.2, 0) is 0 Å². The summed E-state index contributed by atoms with van der Waals surface area (Å²) in [4.78, 5) is 11.9. The van der Waals surface area contributed by atoms with Crippen molar-refractivity contribution in [3.05, 3.63) is 28.8 Å². The first-order valence-electron chi connectivity index (χ1n) is 5.19. The maximum atomic E-state index is 11.9. The summed E-state index contributed by atoms with van der Waals surface area (Å²) in [7, 11) is 1.78. The van der Waals surface area contributed by atoms with Crippen LogP contribution in [0.5, 0.6) is 0 Å². The molecular formula is C11H15Cl2N3O. The Labute approximate surface area is 112 Å². The van der Waals surface area contributed by atoms with Crippen LogP contribution >= 0.6 is 24.0 Å². The first-order chi connectivity index (χ1) is 7.70. The molecule has 1 aromatic rings. The molecule has 4 nitrogen and oxygen atoms in total. The maximum absolute atomic E-state index is 11.9. The highest BCUT2D eigenvalue weighted by Crippen LogP contribution is 2.20. The van der Waals surface area contributed by atoms with Crippen molar-refractivity contribution in [2.45, 2.75) is 6.04 Å². The molecule has 94 valence electrons. The zero-order valence-corrected chi connectivity index (χ0v) is 11.0. The molecule has 6 heteroatoms. The van der Waals surface area contributed by atoms with Crippen molar-refractivity contribution in [1.29, 1.82) is 0 Å². The minimum absolute atomic E-state index is 0. The largest absolute Gasteiger partial charge is 0.387 e. The minimum Gasteiger partial charge on any atom is -0.387 e. The predicted molar refractivity (Wildman–Crippen MR) is 72.4 cm³/mol. The Bertz CT molecular complexity index is 408. The van der Waals surface area contributed by atoms with Crippen LogP contribution in [-0.4, -0.2) is 32.1 Å². The van der Waals surface area contributed by atoms with Crippen molar-refractivity contribution in [2.24, 2.45) is 0 Å². The molecule has 0 saturated carbocycles. The van der Waals surface area contributed by atoms with E-state index in [4.69, 9.17) is 11.6 Å². The van der Waals surface area contributed by atoms with Gasteiger partial charge >= 0.3 is 0 Å². The maximum Gasteiger partial charge on any atom is 0.253 e. The van der Waals surface area contributed by atoms with Crippen LogP contribution in [0.4, 0.5) is 5.69 Å². The summed E-state index contributed by atoms with van der Waals surface area (Å²) >= 11 is 5.88. The summed E-state index contributed by atoms with van der Waals surface area (Å²) < 4.78 is 0. The van der Waals surface area contributed by atoms with Gasteiger partial charge in [0, 0.05) is 30.8 Å². The third-order valence-electron chi connectivity index (χ3n) is 2.61. The van der Waals surface area contributed by atoms with E-state index in [9.17, 15) is 4.79 Å². The molecule has 1 fully saturated rings. The lowest BCUT2D eigenvalue weighted by molar-refractivity contribution is 0.0925. The summed E-state index contributed by atoms with van der Waals surface area (Å²) in [6, 6.07) is 5.47. The van der Waals surface area contributed by atoms with E-state index in [2.05, 4.69) is 16.0 Å². The van der Waals surface area contributed by atoms with Gasteiger partial charge in [-0.05, 0) is 18.2 Å². The van der Waals surface area contributed by atoms with Gasteiger partial charge in [0.15, 0.2) is 0 Å². The molecule has 2 rings (SSSR count). The number of anilines is 1. The van der Waals surface area contributed by atoms with E-state index in [1.807, 2.05) is 0 Å². The van der Waals surface area contributed by atoms with Crippen molar-refractivity contribution in [1.82, 2.24) is 10.6 Å². The highest BCUT2D eigenvalue weighted by Gasteiger charge is 2.20. The van der Waals surface area contributed by atoms with Crippen LogP contribution < -0.4 is 16.0 Å². The van der Waals surface area contributed by atoms with Gasteiger partial charge in [0.1, 0.15) is 0 Å². The normalized spacial score (nSPS) is 14.5. The van der Waals surface area contributed by atoms with Gasteiger partial charge in [-0.15, -0.1) is 12.4 Å². The Morgan fingerprint density at radius 1 is 1.47 bits per heavy atom. The lowest BCUT2D eigenvalue weighted by atomic mass is 10.1. The zero-order valence-electron chi connectivity index (χ0n) is 9.42. The fraction of sp³-hybridized carbons (Fsp3) is 0.364. The highest BCUT2D eigenvalue weighted by atomic mass is 35.5. The molecule has 0 unspecified atom stereocenters. The molecule has 1 aromatic carbocycles. The number of nitrogens with one attached hydrogen (secondary N) is 3.